The van der Waals surface area contributed by atoms with Crippen LogP contribution in [0.3, 0.4) is 0 Å². The summed E-state index contributed by atoms with van der Waals surface area (Å²) in [5.74, 6) is 0.658. The maximum atomic E-state index is 2.66. The molecule has 2 unspecified atom stereocenters. The highest BCUT2D eigenvalue weighted by atomic mass is 15.2. The van der Waals surface area contributed by atoms with Crippen molar-refractivity contribution in [2.45, 2.75) is 32.7 Å². The van der Waals surface area contributed by atoms with Gasteiger partial charge in [-0.1, -0.05) is 38.1 Å². The highest BCUT2D eigenvalue weighted by Gasteiger charge is 2.37. The molecule has 1 aromatic carbocycles. The highest BCUT2D eigenvalue weighted by molar-refractivity contribution is 5.88. The number of para-hydroxylation sites is 1. The molecule has 0 N–H and O–H groups in total. The zero-order chi connectivity index (χ0) is 13.7. The Hall–Kier alpha value is -1.54. The van der Waals surface area contributed by atoms with Crippen LogP contribution in [0.2, 0.25) is 0 Å². The number of benzene rings is 1. The van der Waals surface area contributed by atoms with Crippen LogP contribution in [0.1, 0.15) is 37.6 Å². The SMILES string of the molecule is CCC1C=Cn2c3c(c4ccccc42)CCN(CC)C31. The summed E-state index contributed by atoms with van der Waals surface area (Å²) >= 11 is 0. The summed E-state index contributed by atoms with van der Waals surface area (Å²) in [4.78, 5) is 2.66. The van der Waals surface area contributed by atoms with E-state index < -0.39 is 0 Å². The monoisotopic (exact) mass is 266 g/mol. The van der Waals surface area contributed by atoms with Gasteiger partial charge in [0, 0.05) is 23.8 Å². The first kappa shape index (κ1) is 12.2. The second-order valence-electron chi connectivity index (χ2n) is 5.99. The predicted octanol–water partition coefficient (Wildman–Crippen LogP) is 4.07. The summed E-state index contributed by atoms with van der Waals surface area (Å²) < 4.78 is 2.45. The standard InChI is InChI=1S/C18H22N2/c1-3-13-9-12-20-16-8-6-5-7-14(16)15-10-11-19(4-2)17(13)18(15)20/h5-9,12-13,17H,3-4,10-11H2,1-2H3. The first-order valence-electron chi connectivity index (χ1n) is 7.89. The van der Waals surface area contributed by atoms with Gasteiger partial charge in [0.05, 0.1) is 11.6 Å². The maximum Gasteiger partial charge on any atom is 0.0570 e. The molecule has 2 heteroatoms. The first-order valence-corrected chi connectivity index (χ1v) is 7.89. The average molecular weight is 266 g/mol. The zero-order valence-electron chi connectivity index (χ0n) is 12.3. The van der Waals surface area contributed by atoms with Crippen LogP contribution in [0.15, 0.2) is 30.3 Å². The van der Waals surface area contributed by atoms with Crippen molar-refractivity contribution >= 4 is 17.1 Å². The van der Waals surface area contributed by atoms with Crippen LogP contribution in [0.5, 0.6) is 0 Å². The lowest BCUT2D eigenvalue weighted by molar-refractivity contribution is 0.147. The molecule has 2 aliphatic rings. The summed E-state index contributed by atoms with van der Waals surface area (Å²) in [5.41, 5.74) is 4.54. The van der Waals surface area contributed by atoms with Crippen molar-refractivity contribution in [3.63, 3.8) is 0 Å². The number of rotatable bonds is 2. The van der Waals surface area contributed by atoms with Crippen LogP contribution in [-0.2, 0) is 6.42 Å². The Labute approximate surface area is 120 Å². The van der Waals surface area contributed by atoms with Gasteiger partial charge in [0.1, 0.15) is 0 Å². The minimum absolute atomic E-state index is 0.575. The van der Waals surface area contributed by atoms with Crippen molar-refractivity contribution in [2.24, 2.45) is 5.92 Å². The minimum atomic E-state index is 0.575. The van der Waals surface area contributed by atoms with Crippen molar-refractivity contribution in [1.29, 1.82) is 0 Å². The van der Waals surface area contributed by atoms with Gasteiger partial charge in [0.15, 0.2) is 0 Å². The third-order valence-electron chi connectivity index (χ3n) is 5.15. The largest absolute Gasteiger partial charge is 0.319 e. The third kappa shape index (κ3) is 1.49. The fourth-order valence-corrected chi connectivity index (χ4v) is 4.15. The molecule has 0 fully saturated rings. The Morgan fingerprint density at radius 1 is 1.20 bits per heavy atom. The number of hydrogen-bond acceptors (Lipinski definition) is 1. The van der Waals surface area contributed by atoms with E-state index in [0.29, 0.717) is 12.0 Å². The zero-order valence-corrected chi connectivity index (χ0v) is 12.3. The van der Waals surface area contributed by atoms with Crippen molar-refractivity contribution < 1.29 is 0 Å². The number of aromatic nitrogens is 1. The van der Waals surface area contributed by atoms with E-state index >= 15 is 0 Å². The maximum absolute atomic E-state index is 2.66. The summed E-state index contributed by atoms with van der Waals surface area (Å²) in [6.45, 7) is 6.96. The average Bonchev–Trinajstić information content (AvgIpc) is 2.84. The minimum Gasteiger partial charge on any atom is -0.319 e. The van der Waals surface area contributed by atoms with Crippen molar-refractivity contribution in [3.05, 3.63) is 41.6 Å². The Kier molecular flexibility index (Phi) is 2.74. The van der Waals surface area contributed by atoms with Crippen LogP contribution in [0, 0.1) is 5.92 Å². The summed E-state index contributed by atoms with van der Waals surface area (Å²) in [5, 5.41) is 1.46. The number of hydrogen-bond donors (Lipinski definition) is 0. The van der Waals surface area contributed by atoms with E-state index in [1.165, 1.54) is 30.3 Å². The van der Waals surface area contributed by atoms with Gasteiger partial charge < -0.3 is 4.57 Å². The first-order chi connectivity index (χ1) is 9.85. The second kappa shape index (κ2) is 4.49. The van der Waals surface area contributed by atoms with E-state index in [1.54, 1.807) is 11.3 Å². The molecule has 0 saturated carbocycles. The third-order valence-corrected chi connectivity index (χ3v) is 5.15. The van der Waals surface area contributed by atoms with E-state index in [9.17, 15) is 0 Å². The van der Waals surface area contributed by atoms with E-state index in [2.05, 4.69) is 59.9 Å². The Bertz CT molecular complexity index is 680. The lowest BCUT2D eigenvalue weighted by Crippen LogP contribution is -2.40. The summed E-state index contributed by atoms with van der Waals surface area (Å²) in [7, 11) is 0. The van der Waals surface area contributed by atoms with Gasteiger partial charge >= 0.3 is 0 Å². The van der Waals surface area contributed by atoms with E-state index in [-0.39, 0.29) is 0 Å². The van der Waals surface area contributed by atoms with E-state index in [0.717, 1.165) is 6.54 Å². The molecule has 0 bridgehead atoms. The molecule has 0 radical (unpaired) electrons. The van der Waals surface area contributed by atoms with Gasteiger partial charge in [-0.15, -0.1) is 0 Å². The molecule has 2 atom stereocenters. The van der Waals surface area contributed by atoms with Gasteiger partial charge in [-0.25, -0.2) is 0 Å². The van der Waals surface area contributed by atoms with E-state index in [4.69, 9.17) is 0 Å². The molecule has 0 spiro atoms. The van der Waals surface area contributed by atoms with Crippen LogP contribution in [0.4, 0.5) is 0 Å². The van der Waals surface area contributed by atoms with Crippen molar-refractivity contribution in [2.75, 3.05) is 13.1 Å². The number of fused-ring (bicyclic) bond motifs is 3. The number of likely N-dealkylation sites (N-methyl/N-ethyl adjacent to an activating group) is 1. The Morgan fingerprint density at radius 2 is 2.05 bits per heavy atom. The van der Waals surface area contributed by atoms with Gasteiger partial charge in [-0.05, 0) is 36.9 Å². The molecule has 0 saturated heterocycles. The number of nitrogens with zero attached hydrogens (tertiary/aromatic N) is 2. The highest BCUT2D eigenvalue weighted by Crippen LogP contribution is 2.44. The van der Waals surface area contributed by atoms with E-state index in [1.807, 2.05) is 0 Å². The molecule has 0 amide bonds. The molecule has 1 aromatic heterocycles. The molecular weight excluding hydrogens is 244 g/mol. The normalized spacial score (nSPS) is 25.1. The van der Waals surface area contributed by atoms with Gasteiger partial charge in [-0.2, -0.15) is 0 Å². The van der Waals surface area contributed by atoms with Crippen LogP contribution < -0.4 is 0 Å². The van der Waals surface area contributed by atoms with Crippen LogP contribution in [0.25, 0.3) is 17.1 Å². The fourth-order valence-electron chi connectivity index (χ4n) is 4.15. The molecule has 0 aliphatic carbocycles. The van der Waals surface area contributed by atoms with Gasteiger partial charge in [0.25, 0.3) is 0 Å². The molecular formula is C18H22N2. The molecule has 20 heavy (non-hydrogen) atoms. The lowest BCUT2D eigenvalue weighted by atomic mass is 9.85. The predicted molar refractivity (Wildman–Crippen MR) is 84.7 cm³/mol. The molecule has 2 nitrogen and oxygen atoms in total. The second-order valence-corrected chi connectivity index (χ2v) is 5.99. The van der Waals surface area contributed by atoms with Gasteiger partial charge in [-0.3, -0.25) is 4.90 Å². The molecule has 4 rings (SSSR count). The quantitative estimate of drug-likeness (QED) is 0.795. The summed E-state index contributed by atoms with van der Waals surface area (Å²) in [6.07, 6.45) is 7.14. The molecule has 2 aromatic rings. The fraction of sp³-hybridized carbons (Fsp3) is 0.444. The molecule has 3 heterocycles. The smallest absolute Gasteiger partial charge is 0.0570 e. The Morgan fingerprint density at radius 3 is 2.85 bits per heavy atom. The Balaban J connectivity index is 2.02. The molecule has 2 aliphatic heterocycles. The van der Waals surface area contributed by atoms with Crippen molar-refractivity contribution in [3.8, 4) is 0 Å². The topological polar surface area (TPSA) is 8.17 Å². The van der Waals surface area contributed by atoms with Crippen LogP contribution >= 0.6 is 0 Å². The van der Waals surface area contributed by atoms with Crippen molar-refractivity contribution in [1.82, 2.24) is 9.47 Å². The van der Waals surface area contributed by atoms with Gasteiger partial charge in [0.2, 0.25) is 0 Å². The van der Waals surface area contributed by atoms with Crippen LogP contribution in [-0.4, -0.2) is 22.6 Å². The molecule has 104 valence electrons. The lowest BCUT2D eigenvalue weighted by Gasteiger charge is -2.41. The summed E-state index contributed by atoms with van der Waals surface area (Å²) in [6, 6.07) is 9.46.